The number of aromatic nitrogens is 1. The summed E-state index contributed by atoms with van der Waals surface area (Å²) in [6.45, 7) is 5.64. The fraction of sp³-hybridized carbons (Fsp3) is 0.412. The largest absolute Gasteiger partial charge is 0.444 e. The minimum atomic E-state index is 0. The van der Waals surface area contributed by atoms with Crippen LogP contribution in [0.3, 0.4) is 0 Å². The SMILES string of the molecule is CN=C(NCc1cccc(COC)c1)NCc1nc(C)c(C)o1.I. The molecule has 1 heterocycles. The van der Waals surface area contributed by atoms with Gasteiger partial charge in [-0.1, -0.05) is 24.3 Å². The first kappa shape index (κ1) is 20.4. The van der Waals surface area contributed by atoms with Crippen molar-refractivity contribution in [1.29, 1.82) is 0 Å². The van der Waals surface area contributed by atoms with E-state index in [1.165, 1.54) is 5.56 Å². The van der Waals surface area contributed by atoms with E-state index in [1.54, 1.807) is 14.2 Å². The average molecular weight is 444 g/mol. The Labute approximate surface area is 160 Å². The molecule has 1 aromatic carbocycles. The summed E-state index contributed by atoms with van der Waals surface area (Å²) in [6, 6.07) is 8.26. The Bertz CT molecular complexity index is 651. The van der Waals surface area contributed by atoms with Crippen LogP contribution in [0.1, 0.15) is 28.5 Å². The number of nitrogens with zero attached hydrogens (tertiary/aromatic N) is 2. The number of ether oxygens (including phenoxy) is 1. The van der Waals surface area contributed by atoms with Crippen LogP contribution in [0.25, 0.3) is 0 Å². The highest BCUT2D eigenvalue weighted by Crippen LogP contribution is 2.08. The molecule has 7 heteroatoms. The number of guanidine groups is 1. The molecule has 0 unspecified atom stereocenters. The standard InChI is InChI=1S/C17H24N4O2.HI/c1-12-13(2)23-16(21-12)10-20-17(18-3)19-9-14-6-5-7-15(8-14)11-22-4;/h5-8H,9-11H2,1-4H3,(H2,18,19,20);1H. The molecule has 0 saturated heterocycles. The molecule has 0 aliphatic heterocycles. The lowest BCUT2D eigenvalue weighted by Gasteiger charge is -2.11. The van der Waals surface area contributed by atoms with Gasteiger partial charge in [0.2, 0.25) is 5.89 Å². The van der Waals surface area contributed by atoms with Crippen molar-refractivity contribution in [2.24, 2.45) is 4.99 Å². The molecule has 2 N–H and O–H groups in total. The van der Waals surface area contributed by atoms with E-state index in [0.29, 0.717) is 31.5 Å². The van der Waals surface area contributed by atoms with E-state index < -0.39 is 0 Å². The molecule has 0 atom stereocenters. The zero-order valence-corrected chi connectivity index (χ0v) is 16.9. The number of nitrogens with one attached hydrogen (secondary N) is 2. The third-order valence-corrected chi connectivity index (χ3v) is 3.47. The first-order chi connectivity index (χ1) is 11.1. The van der Waals surface area contributed by atoms with Crippen LogP contribution in [-0.2, 0) is 24.4 Å². The Morgan fingerprint density at radius 3 is 2.54 bits per heavy atom. The quantitative estimate of drug-likeness (QED) is 0.408. The van der Waals surface area contributed by atoms with Crippen LogP contribution in [0.4, 0.5) is 0 Å². The fourth-order valence-electron chi connectivity index (χ4n) is 2.18. The first-order valence-corrected chi connectivity index (χ1v) is 7.56. The molecule has 0 radical (unpaired) electrons. The lowest BCUT2D eigenvalue weighted by Crippen LogP contribution is -2.36. The molecular weight excluding hydrogens is 419 g/mol. The second-order valence-electron chi connectivity index (χ2n) is 5.28. The molecule has 2 rings (SSSR count). The van der Waals surface area contributed by atoms with Crippen LogP contribution < -0.4 is 10.6 Å². The van der Waals surface area contributed by atoms with Gasteiger partial charge < -0.3 is 19.8 Å². The van der Waals surface area contributed by atoms with Gasteiger partial charge in [-0.15, -0.1) is 24.0 Å². The lowest BCUT2D eigenvalue weighted by atomic mass is 10.1. The van der Waals surface area contributed by atoms with Gasteiger partial charge in [-0.2, -0.15) is 0 Å². The number of hydrogen-bond acceptors (Lipinski definition) is 4. The van der Waals surface area contributed by atoms with Crippen molar-refractivity contribution in [2.75, 3.05) is 14.2 Å². The molecule has 0 saturated carbocycles. The number of methoxy groups -OCH3 is 1. The number of oxazole rings is 1. The molecule has 0 aliphatic rings. The van der Waals surface area contributed by atoms with Crippen molar-refractivity contribution in [2.45, 2.75) is 33.5 Å². The van der Waals surface area contributed by atoms with Crippen molar-refractivity contribution in [1.82, 2.24) is 15.6 Å². The molecule has 2 aromatic rings. The third kappa shape index (κ3) is 6.12. The number of aryl methyl sites for hydroxylation is 2. The van der Waals surface area contributed by atoms with E-state index in [-0.39, 0.29) is 24.0 Å². The van der Waals surface area contributed by atoms with Gasteiger partial charge in [-0.3, -0.25) is 4.99 Å². The van der Waals surface area contributed by atoms with E-state index >= 15 is 0 Å². The summed E-state index contributed by atoms with van der Waals surface area (Å²) in [5.41, 5.74) is 3.24. The molecule has 0 spiro atoms. The maximum atomic E-state index is 5.54. The normalized spacial score (nSPS) is 11.1. The van der Waals surface area contributed by atoms with Crippen LogP contribution in [-0.4, -0.2) is 25.1 Å². The fourth-order valence-corrected chi connectivity index (χ4v) is 2.18. The van der Waals surface area contributed by atoms with Gasteiger partial charge in [-0.05, 0) is 25.0 Å². The van der Waals surface area contributed by atoms with Crippen LogP contribution in [0.5, 0.6) is 0 Å². The summed E-state index contributed by atoms with van der Waals surface area (Å²) in [5.74, 6) is 2.21. The zero-order valence-electron chi connectivity index (χ0n) is 14.5. The molecule has 0 fully saturated rings. The summed E-state index contributed by atoms with van der Waals surface area (Å²) in [5, 5.41) is 6.47. The Kier molecular flexibility index (Phi) is 8.77. The number of hydrogen-bond donors (Lipinski definition) is 2. The number of benzene rings is 1. The second-order valence-corrected chi connectivity index (χ2v) is 5.28. The topological polar surface area (TPSA) is 71.7 Å². The van der Waals surface area contributed by atoms with Gasteiger partial charge in [-0.25, -0.2) is 4.98 Å². The van der Waals surface area contributed by atoms with Gasteiger partial charge in [0.1, 0.15) is 5.76 Å². The maximum Gasteiger partial charge on any atom is 0.214 e. The predicted octanol–water partition coefficient (Wildman–Crippen LogP) is 2.92. The van der Waals surface area contributed by atoms with Gasteiger partial charge >= 0.3 is 0 Å². The minimum absolute atomic E-state index is 0. The highest BCUT2D eigenvalue weighted by atomic mass is 127. The number of rotatable bonds is 6. The summed E-state index contributed by atoms with van der Waals surface area (Å²) < 4.78 is 10.7. The minimum Gasteiger partial charge on any atom is -0.444 e. The molecule has 132 valence electrons. The molecular formula is C17H25IN4O2. The Hall–Kier alpha value is -1.61. The summed E-state index contributed by atoms with van der Waals surface area (Å²) in [7, 11) is 3.44. The van der Waals surface area contributed by atoms with E-state index in [0.717, 1.165) is 17.0 Å². The van der Waals surface area contributed by atoms with E-state index in [9.17, 15) is 0 Å². The Morgan fingerprint density at radius 2 is 1.92 bits per heavy atom. The highest BCUT2D eigenvalue weighted by Gasteiger charge is 2.06. The van der Waals surface area contributed by atoms with Crippen LogP contribution in [0.15, 0.2) is 33.7 Å². The van der Waals surface area contributed by atoms with Gasteiger partial charge in [0, 0.05) is 20.7 Å². The van der Waals surface area contributed by atoms with Crippen LogP contribution in [0.2, 0.25) is 0 Å². The van der Waals surface area contributed by atoms with Crippen molar-refractivity contribution in [3.63, 3.8) is 0 Å². The Morgan fingerprint density at radius 1 is 1.21 bits per heavy atom. The molecule has 0 aliphatic carbocycles. The first-order valence-electron chi connectivity index (χ1n) is 7.56. The van der Waals surface area contributed by atoms with Gasteiger partial charge in [0.05, 0.1) is 18.8 Å². The van der Waals surface area contributed by atoms with Crippen molar-refractivity contribution < 1.29 is 9.15 Å². The van der Waals surface area contributed by atoms with Crippen LogP contribution >= 0.6 is 24.0 Å². The summed E-state index contributed by atoms with van der Waals surface area (Å²) in [6.07, 6.45) is 0. The van der Waals surface area contributed by atoms with Crippen molar-refractivity contribution in [3.05, 3.63) is 52.7 Å². The van der Waals surface area contributed by atoms with Gasteiger partial charge in [0.25, 0.3) is 0 Å². The van der Waals surface area contributed by atoms with Crippen molar-refractivity contribution in [3.8, 4) is 0 Å². The van der Waals surface area contributed by atoms with E-state index in [1.807, 2.05) is 26.0 Å². The maximum absolute atomic E-state index is 5.54. The number of aliphatic imine (C=N–C) groups is 1. The van der Waals surface area contributed by atoms with Crippen molar-refractivity contribution >= 4 is 29.9 Å². The summed E-state index contributed by atoms with van der Waals surface area (Å²) >= 11 is 0. The zero-order chi connectivity index (χ0) is 16.7. The highest BCUT2D eigenvalue weighted by molar-refractivity contribution is 14.0. The second kappa shape index (κ2) is 10.3. The molecule has 0 bridgehead atoms. The summed E-state index contributed by atoms with van der Waals surface area (Å²) in [4.78, 5) is 8.55. The lowest BCUT2D eigenvalue weighted by molar-refractivity contribution is 0.185. The molecule has 0 amide bonds. The smallest absolute Gasteiger partial charge is 0.214 e. The average Bonchev–Trinajstić information content (AvgIpc) is 2.87. The third-order valence-electron chi connectivity index (χ3n) is 3.47. The molecule has 1 aromatic heterocycles. The van der Waals surface area contributed by atoms with E-state index in [2.05, 4.69) is 32.7 Å². The van der Waals surface area contributed by atoms with E-state index in [4.69, 9.17) is 9.15 Å². The number of halogens is 1. The molecule has 6 nitrogen and oxygen atoms in total. The van der Waals surface area contributed by atoms with Crippen LogP contribution in [0, 0.1) is 13.8 Å². The van der Waals surface area contributed by atoms with Gasteiger partial charge in [0.15, 0.2) is 5.96 Å². The Balaban J connectivity index is 0.00000288. The monoisotopic (exact) mass is 444 g/mol. The molecule has 24 heavy (non-hydrogen) atoms. The predicted molar refractivity (Wildman–Crippen MR) is 106 cm³/mol.